The van der Waals surface area contributed by atoms with Gasteiger partial charge in [0.05, 0.1) is 5.69 Å². The van der Waals surface area contributed by atoms with E-state index in [2.05, 4.69) is 4.98 Å². The summed E-state index contributed by atoms with van der Waals surface area (Å²) in [6, 6.07) is 8.70. The van der Waals surface area contributed by atoms with Gasteiger partial charge in [0.2, 0.25) is 0 Å². The Morgan fingerprint density at radius 2 is 1.68 bits per heavy atom. The highest BCUT2D eigenvalue weighted by Crippen LogP contribution is 2.31. The van der Waals surface area contributed by atoms with Crippen LogP contribution in [0, 0.1) is 0 Å². The highest BCUT2D eigenvalue weighted by Gasteiger charge is 2.33. The normalized spacial score (nSPS) is 11.6. The second-order valence-electron chi connectivity index (χ2n) is 3.91. The molecule has 0 saturated carbocycles. The number of rotatable bonds is 2. The van der Waals surface area contributed by atoms with E-state index in [9.17, 15) is 13.2 Å². The van der Waals surface area contributed by atoms with E-state index >= 15 is 0 Å². The lowest BCUT2D eigenvalue weighted by Gasteiger charge is -2.11. The van der Waals surface area contributed by atoms with Gasteiger partial charge in [0, 0.05) is 17.1 Å². The van der Waals surface area contributed by atoms with Crippen LogP contribution in [0.2, 0.25) is 5.02 Å². The van der Waals surface area contributed by atoms with E-state index in [1.54, 1.807) is 24.3 Å². The fourth-order valence-electron chi connectivity index (χ4n) is 1.67. The minimum Gasteiger partial charge on any atom is -0.326 e. The Kier molecular flexibility index (Phi) is 3.78. The lowest BCUT2D eigenvalue weighted by atomic mass is 10.1. The van der Waals surface area contributed by atoms with Gasteiger partial charge in [-0.25, -0.2) is 4.98 Å². The zero-order chi connectivity index (χ0) is 14.0. The Hall–Kier alpha value is -1.59. The number of hydrogen-bond acceptors (Lipinski definition) is 2. The van der Waals surface area contributed by atoms with Crippen LogP contribution in [0.5, 0.6) is 0 Å². The SMILES string of the molecule is NCc1ccc(C(F)(F)F)nc1-c1ccc(Cl)cc1. The molecule has 0 saturated heterocycles. The molecule has 0 aliphatic carbocycles. The molecule has 6 heteroatoms. The van der Waals surface area contributed by atoms with Crippen LogP contribution >= 0.6 is 11.6 Å². The molecule has 100 valence electrons. The maximum absolute atomic E-state index is 12.7. The van der Waals surface area contributed by atoms with E-state index in [0.717, 1.165) is 6.07 Å². The summed E-state index contributed by atoms with van der Waals surface area (Å²) in [6.07, 6.45) is -4.48. The summed E-state index contributed by atoms with van der Waals surface area (Å²) < 4.78 is 38.0. The van der Waals surface area contributed by atoms with Crippen LogP contribution in [0.25, 0.3) is 11.3 Å². The highest BCUT2D eigenvalue weighted by atomic mass is 35.5. The number of benzene rings is 1. The van der Waals surface area contributed by atoms with E-state index in [1.165, 1.54) is 6.07 Å². The van der Waals surface area contributed by atoms with Crippen molar-refractivity contribution in [1.82, 2.24) is 4.98 Å². The lowest BCUT2D eigenvalue weighted by Crippen LogP contribution is -2.10. The van der Waals surface area contributed by atoms with E-state index in [-0.39, 0.29) is 12.2 Å². The van der Waals surface area contributed by atoms with Gasteiger partial charge in [-0.3, -0.25) is 0 Å². The number of nitrogens with zero attached hydrogens (tertiary/aromatic N) is 1. The van der Waals surface area contributed by atoms with Gasteiger partial charge >= 0.3 is 6.18 Å². The quantitative estimate of drug-likeness (QED) is 0.910. The second kappa shape index (κ2) is 5.19. The zero-order valence-corrected chi connectivity index (χ0v) is 10.5. The summed E-state index contributed by atoms with van der Waals surface area (Å²) in [4.78, 5) is 3.67. The first-order valence-corrected chi connectivity index (χ1v) is 5.82. The fraction of sp³-hybridized carbons (Fsp3) is 0.154. The molecule has 1 heterocycles. The Morgan fingerprint density at radius 3 is 2.21 bits per heavy atom. The molecule has 0 radical (unpaired) electrons. The molecule has 2 N–H and O–H groups in total. The molecule has 2 rings (SSSR count). The topological polar surface area (TPSA) is 38.9 Å². The highest BCUT2D eigenvalue weighted by molar-refractivity contribution is 6.30. The molecule has 2 aromatic rings. The van der Waals surface area contributed by atoms with E-state index in [0.29, 0.717) is 16.1 Å². The van der Waals surface area contributed by atoms with Crippen LogP contribution < -0.4 is 5.73 Å². The number of alkyl halides is 3. The third-order valence-corrected chi connectivity index (χ3v) is 2.86. The molecular weight excluding hydrogens is 277 g/mol. The first-order valence-electron chi connectivity index (χ1n) is 5.45. The van der Waals surface area contributed by atoms with Crippen molar-refractivity contribution in [2.45, 2.75) is 12.7 Å². The first kappa shape index (κ1) is 13.8. The number of aromatic nitrogens is 1. The lowest BCUT2D eigenvalue weighted by molar-refractivity contribution is -0.141. The van der Waals surface area contributed by atoms with Gasteiger partial charge in [-0.15, -0.1) is 0 Å². The monoisotopic (exact) mass is 286 g/mol. The molecule has 1 aromatic carbocycles. The average molecular weight is 287 g/mol. The molecule has 2 nitrogen and oxygen atoms in total. The van der Waals surface area contributed by atoms with Crippen molar-refractivity contribution in [3.8, 4) is 11.3 Å². The second-order valence-corrected chi connectivity index (χ2v) is 4.35. The molecule has 0 amide bonds. The molecule has 0 fully saturated rings. The van der Waals surface area contributed by atoms with Crippen LogP contribution in [-0.2, 0) is 12.7 Å². The summed E-state index contributed by atoms with van der Waals surface area (Å²) in [5.41, 5.74) is 5.93. The Morgan fingerprint density at radius 1 is 1.05 bits per heavy atom. The fourth-order valence-corrected chi connectivity index (χ4v) is 1.79. The minimum absolute atomic E-state index is 0.114. The average Bonchev–Trinajstić information content (AvgIpc) is 2.38. The maximum atomic E-state index is 12.7. The van der Waals surface area contributed by atoms with Crippen molar-refractivity contribution in [3.05, 3.63) is 52.7 Å². The Labute approximate surface area is 113 Å². The van der Waals surface area contributed by atoms with Crippen molar-refractivity contribution in [2.24, 2.45) is 5.73 Å². The van der Waals surface area contributed by atoms with Crippen LogP contribution in [0.4, 0.5) is 13.2 Å². The van der Waals surface area contributed by atoms with Crippen molar-refractivity contribution in [1.29, 1.82) is 0 Å². The standard InChI is InChI=1S/C13H10ClF3N2/c14-10-4-1-8(2-5-10)12-9(7-18)3-6-11(19-12)13(15,16)17/h1-6H,7,18H2. The third kappa shape index (κ3) is 3.05. The van der Waals surface area contributed by atoms with E-state index in [4.69, 9.17) is 17.3 Å². The van der Waals surface area contributed by atoms with Gasteiger partial charge in [0.15, 0.2) is 0 Å². The summed E-state index contributed by atoms with van der Waals surface area (Å²) >= 11 is 5.75. The van der Waals surface area contributed by atoms with E-state index < -0.39 is 11.9 Å². The number of hydrogen-bond donors (Lipinski definition) is 1. The van der Waals surface area contributed by atoms with Crippen molar-refractivity contribution in [2.75, 3.05) is 0 Å². The third-order valence-electron chi connectivity index (χ3n) is 2.61. The molecule has 0 spiro atoms. The summed E-state index contributed by atoms with van der Waals surface area (Å²) in [5, 5.41) is 0.505. The predicted molar refractivity (Wildman–Crippen MR) is 67.6 cm³/mol. The smallest absolute Gasteiger partial charge is 0.326 e. The summed E-state index contributed by atoms with van der Waals surface area (Å²) in [6.45, 7) is 0.114. The Bertz CT molecular complexity index is 579. The molecule has 0 atom stereocenters. The molecule has 0 bridgehead atoms. The van der Waals surface area contributed by atoms with E-state index in [1.807, 2.05) is 0 Å². The number of halogens is 4. The predicted octanol–water partition coefficient (Wildman–Crippen LogP) is 3.88. The molecule has 0 unspecified atom stereocenters. The molecule has 0 aliphatic heterocycles. The number of pyridine rings is 1. The molecule has 0 aliphatic rings. The van der Waals surface area contributed by atoms with Gasteiger partial charge in [-0.2, -0.15) is 13.2 Å². The van der Waals surface area contributed by atoms with Crippen LogP contribution in [-0.4, -0.2) is 4.98 Å². The number of nitrogens with two attached hydrogens (primary N) is 1. The Balaban J connectivity index is 2.56. The summed E-state index contributed by atoms with van der Waals surface area (Å²) in [5.74, 6) is 0. The van der Waals surface area contributed by atoms with Gasteiger partial charge in [0.25, 0.3) is 0 Å². The van der Waals surface area contributed by atoms with Crippen LogP contribution in [0.3, 0.4) is 0 Å². The van der Waals surface area contributed by atoms with Gasteiger partial charge in [-0.05, 0) is 23.8 Å². The zero-order valence-electron chi connectivity index (χ0n) is 9.71. The molecule has 19 heavy (non-hydrogen) atoms. The molecular formula is C13H10ClF3N2. The van der Waals surface area contributed by atoms with Crippen LogP contribution in [0.15, 0.2) is 36.4 Å². The first-order chi connectivity index (χ1) is 8.91. The summed E-state index contributed by atoms with van der Waals surface area (Å²) in [7, 11) is 0. The van der Waals surface area contributed by atoms with Gasteiger partial charge < -0.3 is 5.73 Å². The van der Waals surface area contributed by atoms with Crippen LogP contribution in [0.1, 0.15) is 11.3 Å². The van der Waals surface area contributed by atoms with Crippen molar-refractivity contribution in [3.63, 3.8) is 0 Å². The maximum Gasteiger partial charge on any atom is 0.433 e. The minimum atomic E-state index is -4.48. The van der Waals surface area contributed by atoms with Crippen molar-refractivity contribution >= 4 is 11.6 Å². The van der Waals surface area contributed by atoms with Gasteiger partial charge in [-0.1, -0.05) is 29.8 Å². The molecule has 1 aromatic heterocycles. The van der Waals surface area contributed by atoms with Gasteiger partial charge in [0.1, 0.15) is 5.69 Å². The van der Waals surface area contributed by atoms with Crippen molar-refractivity contribution < 1.29 is 13.2 Å². The largest absolute Gasteiger partial charge is 0.433 e.